The van der Waals surface area contributed by atoms with Gasteiger partial charge in [0.2, 0.25) is 11.8 Å². The van der Waals surface area contributed by atoms with Crippen LogP contribution in [0.15, 0.2) is 27.6 Å². The second-order valence-electron chi connectivity index (χ2n) is 10.0. The van der Waals surface area contributed by atoms with Crippen molar-refractivity contribution in [2.24, 2.45) is 11.8 Å². The van der Waals surface area contributed by atoms with Crippen molar-refractivity contribution < 1.29 is 9.15 Å². The van der Waals surface area contributed by atoms with Crippen LogP contribution in [0.2, 0.25) is 0 Å². The summed E-state index contributed by atoms with van der Waals surface area (Å²) in [6, 6.07) is 4.37. The van der Waals surface area contributed by atoms with Gasteiger partial charge in [-0.25, -0.2) is 4.98 Å². The number of thioether (sulfide) groups is 1. The maximum absolute atomic E-state index is 6.10. The predicted molar refractivity (Wildman–Crippen MR) is 146 cm³/mol. The fourth-order valence-corrected chi connectivity index (χ4v) is 8.16. The number of aromatic nitrogens is 4. The number of hydrogen-bond donors (Lipinski definition) is 1. The van der Waals surface area contributed by atoms with Crippen LogP contribution < -0.4 is 5.32 Å². The summed E-state index contributed by atoms with van der Waals surface area (Å²) in [4.78, 5) is 12.4. The van der Waals surface area contributed by atoms with E-state index in [9.17, 15) is 0 Å². The number of nitrogens with zero attached hydrogens (tertiary/aromatic N) is 4. The van der Waals surface area contributed by atoms with E-state index in [1.54, 1.807) is 11.3 Å². The first-order chi connectivity index (χ1) is 17.5. The molecule has 0 aromatic carbocycles. The third-order valence-electron chi connectivity index (χ3n) is 7.30. The van der Waals surface area contributed by atoms with Crippen LogP contribution in [0.25, 0.3) is 32.0 Å². The lowest BCUT2D eigenvalue weighted by Gasteiger charge is -2.24. The Hall–Kier alpha value is -2.49. The average molecular weight is 522 g/mol. The van der Waals surface area contributed by atoms with Gasteiger partial charge in [0.15, 0.2) is 0 Å². The molecule has 1 N–H and O–H groups in total. The molecule has 9 heteroatoms. The molecule has 188 valence electrons. The van der Waals surface area contributed by atoms with E-state index in [0.717, 1.165) is 60.0 Å². The number of anilines is 1. The molecule has 6 heterocycles. The maximum Gasteiger partial charge on any atom is 0.250 e. The number of ether oxygens (including phenoxy) is 1. The number of thiophene rings is 1. The number of nitrogens with one attached hydrogen (secondary N) is 1. The standard InChI is InChI=1S/C27H31N5O2S2/c1-14(2)18-13-35-25-22(20-12-17-5-8-29-26(28-4)24(17)36-20)21(27-32-31-15(3)34-27)19(30-23(18)25)11-16-6-9-33-10-7-16/h5,8,12,14,16,18H,6-7,9-11,13H2,1-4H3,(H,28,29). The van der Waals surface area contributed by atoms with Crippen molar-refractivity contribution in [2.75, 3.05) is 31.3 Å². The molecular weight excluding hydrogens is 490 g/mol. The zero-order valence-corrected chi connectivity index (χ0v) is 22.8. The molecule has 0 aliphatic carbocycles. The van der Waals surface area contributed by atoms with Gasteiger partial charge in [-0.05, 0) is 48.6 Å². The van der Waals surface area contributed by atoms with Crippen LogP contribution in [-0.4, -0.2) is 46.2 Å². The molecular formula is C27H31N5O2S2. The van der Waals surface area contributed by atoms with E-state index >= 15 is 0 Å². The van der Waals surface area contributed by atoms with E-state index in [0.29, 0.717) is 29.5 Å². The van der Waals surface area contributed by atoms with Crippen LogP contribution in [0.3, 0.4) is 0 Å². The van der Waals surface area contributed by atoms with Crippen molar-refractivity contribution in [3.05, 3.63) is 35.6 Å². The molecule has 4 aromatic rings. The van der Waals surface area contributed by atoms with Crippen LogP contribution in [0.4, 0.5) is 5.82 Å². The number of rotatable bonds is 6. The van der Waals surface area contributed by atoms with E-state index in [1.165, 1.54) is 26.4 Å². The quantitative estimate of drug-likeness (QED) is 0.305. The average Bonchev–Trinajstić information content (AvgIpc) is 3.61. The Kier molecular flexibility index (Phi) is 6.47. The van der Waals surface area contributed by atoms with Gasteiger partial charge in [0.25, 0.3) is 0 Å². The summed E-state index contributed by atoms with van der Waals surface area (Å²) in [5.41, 5.74) is 4.51. The normalized spacial score (nSPS) is 18.3. The molecule has 0 spiro atoms. The minimum atomic E-state index is 0.430. The van der Waals surface area contributed by atoms with E-state index in [2.05, 4.69) is 46.5 Å². The third kappa shape index (κ3) is 4.21. The molecule has 7 nitrogen and oxygen atoms in total. The number of hydrogen-bond acceptors (Lipinski definition) is 9. The van der Waals surface area contributed by atoms with Crippen molar-refractivity contribution in [1.29, 1.82) is 0 Å². The second-order valence-corrected chi connectivity index (χ2v) is 12.1. The first-order valence-electron chi connectivity index (χ1n) is 12.7. The molecule has 1 saturated heterocycles. The molecule has 0 amide bonds. The Morgan fingerprint density at radius 2 is 2.00 bits per heavy atom. The molecule has 1 unspecified atom stereocenters. The molecule has 0 radical (unpaired) electrons. The van der Waals surface area contributed by atoms with E-state index in [4.69, 9.17) is 14.1 Å². The summed E-state index contributed by atoms with van der Waals surface area (Å²) in [5.74, 6) is 4.57. The lowest BCUT2D eigenvalue weighted by molar-refractivity contribution is 0.0663. The van der Waals surface area contributed by atoms with Crippen LogP contribution in [-0.2, 0) is 11.2 Å². The zero-order valence-electron chi connectivity index (χ0n) is 21.1. The Balaban J connectivity index is 1.62. The van der Waals surface area contributed by atoms with Crippen LogP contribution in [0.5, 0.6) is 0 Å². The van der Waals surface area contributed by atoms with Crippen molar-refractivity contribution in [1.82, 2.24) is 20.2 Å². The predicted octanol–water partition coefficient (Wildman–Crippen LogP) is 6.57. The first kappa shape index (κ1) is 23.9. The summed E-state index contributed by atoms with van der Waals surface area (Å²) in [5, 5.41) is 13.2. The van der Waals surface area contributed by atoms with Crippen molar-refractivity contribution in [3.63, 3.8) is 0 Å². The molecule has 36 heavy (non-hydrogen) atoms. The summed E-state index contributed by atoms with van der Waals surface area (Å²) >= 11 is 3.69. The highest BCUT2D eigenvalue weighted by Gasteiger charge is 2.35. The van der Waals surface area contributed by atoms with Gasteiger partial charge in [-0.3, -0.25) is 4.98 Å². The smallest absolute Gasteiger partial charge is 0.250 e. The number of fused-ring (bicyclic) bond motifs is 2. The van der Waals surface area contributed by atoms with Crippen LogP contribution in [0.1, 0.15) is 49.9 Å². The Morgan fingerprint density at radius 3 is 2.72 bits per heavy atom. The van der Waals surface area contributed by atoms with Gasteiger partial charge in [-0.2, -0.15) is 0 Å². The molecule has 6 rings (SSSR count). The first-order valence-corrected chi connectivity index (χ1v) is 14.5. The monoisotopic (exact) mass is 521 g/mol. The Bertz CT molecular complexity index is 1410. The lowest BCUT2D eigenvalue weighted by atomic mass is 9.88. The molecule has 1 atom stereocenters. The topological polar surface area (TPSA) is 86.0 Å². The van der Waals surface area contributed by atoms with Crippen molar-refractivity contribution in [3.8, 4) is 21.9 Å². The SMILES string of the molecule is CNc1nccc2cc(-c3c4c(nc(CC5CCOCC5)c3-c3nnc(C)o3)C(C(C)C)CS4)sc12. The molecule has 1 fully saturated rings. The van der Waals surface area contributed by atoms with Gasteiger partial charge in [0, 0.05) is 60.4 Å². The minimum absolute atomic E-state index is 0.430. The molecule has 2 aliphatic heterocycles. The summed E-state index contributed by atoms with van der Waals surface area (Å²) in [6.07, 6.45) is 4.87. The lowest BCUT2D eigenvalue weighted by Crippen LogP contribution is -2.19. The number of aryl methyl sites for hydroxylation is 1. The molecule has 0 saturated carbocycles. The largest absolute Gasteiger partial charge is 0.421 e. The van der Waals surface area contributed by atoms with Gasteiger partial charge in [0.1, 0.15) is 5.82 Å². The Labute approximate surface area is 219 Å². The van der Waals surface area contributed by atoms with Crippen molar-refractivity contribution >= 4 is 39.0 Å². The molecule has 4 aromatic heterocycles. The van der Waals surface area contributed by atoms with Gasteiger partial charge >= 0.3 is 0 Å². The maximum atomic E-state index is 6.10. The van der Waals surface area contributed by atoms with E-state index in [1.807, 2.05) is 31.9 Å². The zero-order chi connectivity index (χ0) is 24.8. The van der Waals surface area contributed by atoms with Gasteiger partial charge in [0.05, 0.1) is 21.7 Å². The molecule has 2 aliphatic rings. The fraction of sp³-hybridized carbons (Fsp3) is 0.481. The highest BCUT2D eigenvalue weighted by Crippen LogP contribution is 2.53. The second kappa shape index (κ2) is 9.76. The third-order valence-corrected chi connectivity index (χ3v) is 9.70. The van der Waals surface area contributed by atoms with Gasteiger partial charge < -0.3 is 14.5 Å². The fourth-order valence-electron chi connectivity index (χ4n) is 5.30. The Morgan fingerprint density at radius 1 is 1.17 bits per heavy atom. The highest BCUT2D eigenvalue weighted by atomic mass is 32.2. The highest BCUT2D eigenvalue weighted by molar-refractivity contribution is 7.99. The summed E-state index contributed by atoms with van der Waals surface area (Å²) < 4.78 is 12.9. The van der Waals surface area contributed by atoms with E-state index in [-0.39, 0.29) is 0 Å². The number of pyridine rings is 2. The van der Waals surface area contributed by atoms with Crippen LogP contribution in [0, 0.1) is 18.8 Å². The summed E-state index contributed by atoms with van der Waals surface area (Å²) in [6.45, 7) is 8.10. The van der Waals surface area contributed by atoms with Gasteiger partial charge in [-0.15, -0.1) is 33.3 Å². The van der Waals surface area contributed by atoms with E-state index < -0.39 is 0 Å². The van der Waals surface area contributed by atoms with Crippen molar-refractivity contribution in [2.45, 2.75) is 50.8 Å². The molecule has 0 bridgehead atoms. The minimum Gasteiger partial charge on any atom is -0.421 e. The van der Waals surface area contributed by atoms with Crippen LogP contribution >= 0.6 is 23.1 Å². The summed E-state index contributed by atoms with van der Waals surface area (Å²) in [7, 11) is 1.92. The van der Waals surface area contributed by atoms with Gasteiger partial charge in [-0.1, -0.05) is 13.8 Å².